The predicted molar refractivity (Wildman–Crippen MR) is 78.0 cm³/mol. The van der Waals surface area contributed by atoms with E-state index in [0.29, 0.717) is 11.4 Å². The number of carbonyl (C=O) groups is 1. The summed E-state index contributed by atoms with van der Waals surface area (Å²) in [6, 6.07) is 7.51. The molecule has 1 aliphatic rings. The molecular weight excluding hydrogens is 260 g/mol. The van der Waals surface area contributed by atoms with Crippen molar-refractivity contribution in [3.8, 4) is 0 Å². The molecular formula is C15H21ClN2O. The van der Waals surface area contributed by atoms with Gasteiger partial charge >= 0.3 is 0 Å². The SMILES string of the molecule is C[C@@H](NC(=O)CC1(N)CCCC1)c1cccc(Cl)c1. The first-order valence-corrected chi connectivity index (χ1v) is 7.20. The number of halogens is 1. The zero-order chi connectivity index (χ0) is 13.9. The van der Waals surface area contributed by atoms with Crippen LogP contribution in [0.1, 0.15) is 50.6 Å². The molecule has 1 saturated carbocycles. The molecule has 1 amide bonds. The quantitative estimate of drug-likeness (QED) is 0.890. The average Bonchev–Trinajstić information content (AvgIpc) is 2.75. The summed E-state index contributed by atoms with van der Waals surface area (Å²) in [6.45, 7) is 1.96. The number of hydrogen-bond donors (Lipinski definition) is 2. The Bertz CT molecular complexity index is 455. The lowest BCUT2D eigenvalue weighted by Crippen LogP contribution is -2.42. The Kier molecular flexibility index (Phi) is 4.48. The number of hydrogen-bond acceptors (Lipinski definition) is 2. The number of nitrogens with one attached hydrogen (secondary N) is 1. The van der Waals surface area contributed by atoms with Gasteiger partial charge in [0, 0.05) is 17.0 Å². The maximum atomic E-state index is 12.0. The molecule has 104 valence electrons. The van der Waals surface area contributed by atoms with E-state index in [9.17, 15) is 4.79 Å². The van der Waals surface area contributed by atoms with Crippen molar-refractivity contribution in [1.29, 1.82) is 0 Å². The lowest BCUT2D eigenvalue weighted by atomic mass is 9.94. The predicted octanol–water partition coefficient (Wildman–Crippen LogP) is 3.18. The summed E-state index contributed by atoms with van der Waals surface area (Å²) < 4.78 is 0. The van der Waals surface area contributed by atoms with Gasteiger partial charge in [0.2, 0.25) is 5.91 Å². The van der Waals surface area contributed by atoms with Crippen molar-refractivity contribution in [2.75, 3.05) is 0 Å². The van der Waals surface area contributed by atoms with Gasteiger partial charge in [-0.1, -0.05) is 36.6 Å². The van der Waals surface area contributed by atoms with Crippen LogP contribution in [0.2, 0.25) is 5.02 Å². The minimum absolute atomic E-state index is 0.0249. The minimum Gasteiger partial charge on any atom is -0.350 e. The second kappa shape index (κ2) is 5.93. The summed E-state index contributed by atoms with van der Waals surface area (Å²) in [5.74, 6) is 0.0249. The maximum Gasteiger partial charge on any atom is 0.222 e. The summed E-state index contributed by atoms with van der Waals surface area (Å²) >= 11 is 5.95. The third-order valence-electron chi connectivity index (χ3n) is 3.84. The van der Waals surface area contributed by atoms with Crippen LogP contribution in [-0.2, 0) is 4.79 Å². The van der Waals surface area contributed by atoms with Crippen LogP contribution in [-0.4, -0.2) is 11.4 Å². The zero-order valence-electron chi connectivity index (χ0n) is 11.3. The van der Waals surface area contributed by atoms with Gasteiger partial charge in [-0.3, -0.25) is 4.79 Å². The van der Waals surface area contributed by atoms with Crippen LogP contribution in [0.4, 0.5) is 0 Å². The maximum absolute atomic E-state index is 12.0. The zero-order valence-corrected chi connectivity index (χ0v) is 12.0. The fourth-order valence-corrected chi connectivity index (χ4v) is 2.93. The fraction of sp³-hybridized carbons (Fsp3) is 0.533. The Morgan fingerprint density at radius 2 is 2.16 bits per heavy atom. The Hall–Kier alpha value is -1.06. The van der Waals surface area contributed by atoms with Gasteiger partial charge in [0.25, 0.3) is 0 Å². The highest BCUT2D eigenvalue weighted by molar-refractivity contribution is 6.30. The van der Waals surface area contributed by atoms with Gasteiger partial charge in [0.15, 0.2) is 0 Å². The molecule has 3 nitrogen and oxygen atoms in total. The van der Waals surface area contributed by atoms with E-state index in [1.54, 1.807) is 0 Å². The summed E-state index contributed by atoms with van der Waals surface area (Å²) in [6.07, 6.45) is 4.58. The largest absolute Gasteiger partial charge is 0.350 e. The van der Waals surface area contributed by atoms with Crippen molar-refractivity contribution in [2.24, 2.45) is 5.73 Å². The van der Waals surface area contributed by atoms with E-state index >= 15 is 0 Å². The van der Waals surface area contributed by atoms with Crippen molar-refractivity contribution in [1.82, 2.24) is 5.32 Å². The van der Waals surface area contributed by atoms with Crippen molar-refractivity contribution in [3.63, 3.8) is 0 Å². The number of rotatable bonds is 4. The molecule has 19 heavy (non-hydrogen) atoms. The van der Waals surface area contributed by atoms with E-state index < -0.39 is 0 Å². The van der Waals surface area contributed by atoms with Crippen LogP contribution >= 0.6 is 11.6 Å². The first-order valence-electron chi connectivity index (χ1n) is 6.82. The van der Waals surface area contributed by atoms with Crippen LogP contribution in [0.3, 0.4) is 0 Å². The standard InChI is InChI=1S/C15H21ClN2O/c1-11(12-5-4-6-13(16)9-12)18-14(19)10-15(17)7-2-3-8-15/h4-6,9,11H,2-3,7-8,10,17H2,1H3,(H,18,19)/t11-/m1/s1. The summed E-state index contributed by atoms with van der Waals surface area (Å²) in [7, 11) is 0. The van der Waals surface area contributed by atoms with E-state index in [2.05, 4.69) is 5.32 Å². The molecule has 4 heteroatoms. The van der Waals surface area contributed by atoms with Crippen molar-refractivity contribution < 1.29 is 4.79 Å². The monoisotopic (exact) mass is 280 g/mol. The van der Waals surface area contributed by atoms with Gasteiger partial charge in [-0.15, -0.1) is 0 Å². The minimum atomic E-state index is -0.294. The van der Waals surface area contributed by atoms with Crippen molar-refractivity contribution >= 4 is 17.5 Å². The second-order valence-corrected chi connectivity index (χ2v) is 6.03. The molecule has 0 unspecified atom stereocenters. The lowest BCUT2D eigenvalue weighted by molar-refractivity contribution is -0.122. The number of nitrogens with two attached hydrogens (primary N) is 1. The van der Waals surface area contributed by atoms with Gasteiger partial charge in [-0.2, -0.15) is 0 Å². The third-order valence-corrected chi connectivity index (χ3v) is 4.07. The highest BCUT2D eigenvalue weighted by Crippen LogP contribution is 2.30. The van der Waals surface area contributed by atoms with E-state index in [4.69, 9.17) is 17.3 Å². The van der Waals surface area contributed by atoms with Crippen molar-refractivity contribution in [3.05, 3.63) is 34.9 Å². The molecule has 0 radical (unpaired) electrons. The fourth-order valence-electron chi connectivity index (χ4n) is 2.73. The van der Waals surface area contributed by atoms with E-state index in [-0.39, 0.29) is 17.5 Å². The molecule has 1 fully saturated rings. The third kappa shape index (κ3) is 3.95. The van der Waals surface area contributed by atoms with E-state index in [1.165, 1.54) is 0 Å². The molecule has 0 heterocycles. The van der Waals surface area contributed by atoms with Crippen LogP contribution in [0.5, 0.6) is 0 Å². The average molecular weight is 281 g/mol. The molecule has 3 N–H and O–H groups in total. The Morgan fingerprint density at radius 3 is 2.79 bits per heavy atom. The topological polar surface area (TPSA) is 55.1 Å². The van der Waals surface area contributed by atoms with E-state index in [0.717, 1.165) is 31.2 Å². The highest BCUT2D eigenvalue weighted by atomic mass is 35.5. The molecule has 0 spiro atoms. The van der Waals surface area contributed by atoms with Gasteiger partial charge in [-0.25, -0.2) is 0 Å². The van der Waals surface area contributed by atoms with Crippen molar-refractivity contribution in [2.45, 2.75) is 50.6 Å². The number of benzene rings is 1. The van der Waals surface area contributed by atoms with Crippen LogP contribution in [0.25, 0.3) is 0 Å². The van der Waals surface area contributed by atoms with Crippen LogP contribution in [0, 0.1) is 0 Å². The molecule has 0 aliphatic heterocycles. The van der Waals surface area contributed by atoms with Gasteiger partial charge in [0.1, 0.15) is 0 Å². The molecule has 0 saturated heterocycles. The Balaban J connectivity index is 1.91. The number of carbonyl (C=O) groups excluding carboxylic acids is 1. The van der Waals surface area contributed by atoms with Gasteiger partial charge in [0.05, 0.1) is 6.04 Å². The molecule has 1 atom stereocenters. The normalized spacial score (nSPS) is 19.1. The Morgan fingerprint density at radius 1 is 1.47 bits per heavy atom. The summed E-state index contributed by atoms with van der Waals surface area (Å²) in [5.41, 5.74) is 6.94. The Labute approximate surface area is 119 Å². The van der Waals surface area contributed by atoms with Gasteiger partial charge < -0.3 is 11.1 Å². The first kappa shape index (κ1) is 14.4. The van der Waals surface area contributed by atoms with Gasteiger partial charge in [-0.05, 0) is 37.5 Å². The molecule has 1 aromatic rings. The van der Waals surface area contributed by atoms with Crippen LogP contribution < -0.4 is 11.1 Å². The second-order valence-electron chi connectivity index (χ2n) is 5.59. The molecule has 2 rings (SSSR count). The number of amides is 1. The molecule has 1 aliphatic carbocycles. The molecule has 0 aromatic heterocycles. The smallest absolute Gasteiger partial charge is 0.222 e. The van der Waals surface area contributed by atoms with E-state index in [1.807, 2.05) is 31.2 Å². The molecule has 0 bridgehead atoms. The van der Waals surface area contributed by atoms with Crippen LogP contribution in [0.15, 0.2) is 24.3 Å². The summed E-state index contributed by atoms with van der Waals surface area (Å²) in [5, 5.41) is 3.68. The summed E-state index contributed by atoms with van der Waals surface area (Å²) in [4.78, 5) is 12.0. The highest BCUT2D eigenvalue weighted by Gasteiger charge is 2.31. The first-order chi connectivity index (χ1) is 8.98. The molecule has 1 aromatic carbocycles. The lowest BCUT2D eigenvalue weighted by Gasteiger charge is -2.24.